The number of rotatable bonds is 5. The number of nitrogens with zero attached hydrogens (tertiary/aromatic N) is 4. The van der Waals surface area contributed by atoms with Gasteiger partial charge in [0.25, 0.3) is 0 Å². The van der Waals surface area contributed by atoms with Gasteiger partial charge in [0.15, 0.2) is 0 Å². The highest BCUT2D eigenvalue weighted by Crippen LogP contribution is 2.15. The van der Waals surface area contributed by atoms with Crippen LogP contribution in [-0.2, 0) is 13.1 Å². The van der Waals surface area contributed by atoms with Crippen LogP contribution in [0.3, 0.4) is 0 Å². The second kappa shape index (κ2) is 6.15. The third-order valence-electron chi connectivity index (χ3n) is 3.22. The van der Waals surface area contributed by atoms with Gasteiger partial charge in [-0.2, -0.15) is 10.2 Å². The first kappa shape index (κ1) is 14.5. The summed E-state index contributed by atoms with van der Waals surface area (Å²) in [6.45, 7) is 1.25. The molecule has 3 rings (SSSR count). The van der Waals surface area contributed by atoms with Gasteiger partial charge >= 0.3 is 5.97 Å². The molecule has 0 amide bonds. The summed E-state index contributed by atoms with van der Waals surface area (Å²) in [5, 5.41) is 17.3. The largest absolute Gasteiger partial charge is 0.478 e. The highest BCUT2D eigenvalue weighted by Gasteiger charge is 2.13. The zero-order valence-electron chi connectivity index (χ0n) is 11.6. The molecule has 0 spiro atoms. The summed E-state index contributed by atoms with van der Waals surface area (Å²) in [6.07, 6.45) is 5.19. The third kappa shape index (κ3) is 3.25. The molecule has 0 aliphatic heterocycles. The molecule has 112 valence electrons. The molecule has 3 aromatic rings. The minimum Gasteiger partial charge on any atom is -0.478 e. The molecule has 0 saturated carbocycles. The number of benzene rings is 1. The van der Waals surface area contributed by atoms with E-state index in [1.165, 1.54) is 6.20 Å². The molecule has 2 heterocycles. The maximum Gasteiger partial charge on any atom is 0.340 e. The van der Waals surface area contributed by atoms with E-state index >= 15 is 0 Å². The second-order valence-corrected chi connectivity index (χ2v) is 5.61. The summed E-state index contributed by atoms with van der Waals surface area (Å²) in [5.74, 6) is -0.993. The number of halogens is 1. The molecule has 0 aliphatic rings. The summed E-state index contributed by atoms with van der Waals surface area (Å²) in [7, 11) is 0. The van der Waals surface area contributed by atoms with Gasteiger partial charge < -0.3 is 5.11 Å². The number of aromatic carboxylic acids is 1. The van der Waals surface area contributed by atoms with Crippen LogP contribution in [0.5, 0.6) is 0 Å². The standard InChI is InChI=1S/C15H13BrN4O2/c16-14-13(15(21)22)10-20(18-14)9-12-4-2-11(3-5-12)8-19-7-1-6-17-19/h1-7,10H,8-9H2,(H,21,22). The SMILES string of the molecule is O=C(O)c1cn(Cc2ccc(Cn3cccn3)cc2)nc1Br. The van der Waals surface area contributed by atoms with E-state index in [4.69, 9.17) is 5.11 Å². The van der Waals surface area contributed by atoms with Crippen molar-refractivity contribution in [2.75, 3.05) is 0 Å². The van der Waals surface area contributed by atoms with Crippen molar-refractivity contribution in [1.82, 2.24) is 19.6 Å². The third-order valence-corrected chi connectivity index (χ3v) is 3.80. The summed E-state index contributed by atoms with van der Waals surface area (Å²) in [5.41, 5.74) is 2.37. The average Bonchev–Trinajstić information content (AvgIpc) is 3.11. The van der Waals surface area contributed by atoms with E-state index in [-0.39, 0.29) is 5.56 Å². The van der Waals surface area contributed by atoms with E-state index in [0.717, 1.165) is 17.7 Å². The molecular formula is C15H13BrN4O2. The lowest BCUT2D eigenvalue weighted by Crippen LogP contribution is -2.02. The summed E-state index contributed by atoms with van der Waals surface area (Å²) >= 11 is 3.15. The Labute approximate surface area is 135 Å². The zero-order valence-corrected chi connectivity index (χ0v) is 13.1. The van der Waals surface area contributed by atoms with Crippen molar-refractivity contribution in [2.45, 2.75) is 13.1 Å². The van der Waals surface area contributed by atoms with Gasteiger partial charge in [0, 0.05) is 18.6 Å². The molecule has 1 N–H and O–H groups in total. The van der Waals surface area contributed by atoms with E-state index in [2.05, 4.69) is 26.1 Å². The minimum atomic E-state index is -0.993. The van der Waals surface area contributed by atoms with Crippen molar-refractivity contribution < 1.29 is 9.90 Å². The van der Waals surface area contributed by atoms with Gasteiger partial charge in [-0.15, -0.1) is 0 Å². The lowest BCUT2D eigenvalue weighted by Gasteiger charge is -2.05. The minimum absolute atomic E-state index is 0.162. The normalized spacial score (nSPS) is 10.8. The summed E-state index contributed by atoms with van der Waals surface area (Å²) < 4.78 is 3.81. The van der Waals surface area contributed by atoms with Crippen LogP contribution in [0.2, 0.25) is 0 Å². The lowest BCUT2D eigenvalue weighted by atomic mass is 10.1. The molecular weight excluding hydrogens is 348 g/mol. The lowest BCUT2D eigenvalue weighted by molar-refractivity contribution is 0.0696. The number of hydrogen-bond acceptors (Lipinski definition) is 3. The quantitative estimate of drug-likeness (QED) is 0.758. The summed E-state index contributed by atoms with van der Waals surface area (Å²) in [6, 6.07) is 9.98. The molecule has 0 radical (unpaired) electrons. The molecule has 0 unspecified atom stereocenters. The van der Waals surface area contributed by atoms with Crippen molar-refractivity contribution >= 4 is 21.9 Å². The van der Waals surface area contributed by atoms with Gasteiger partial charge in [0.05, 0.1) is 13.1 Å². The highest BCUT2D eigenvalue weighted by atomic mass is 79.9. The van der Waals surface area contributed by atoms with Gasteiger partial charge in [-0.3, -0.25) is 9.36 Å². The Morgan fingerprint density at radius 3 is 2.27 bits per heavy atom. The molecule has 22 heavy (non-hydrogen) atoms. The van der Waals surface area contributed by atoms with Crippen molar-refractivity contribution in [3.05, 3.63) is 70.2 Å². The molecule has 0 saturated heterocycles. The number of carbonyl (C=O) groups is 1. The van der Waals surface area contributed by atoms with Gasteiger partial charge in [-0.05, 0) is 33.1 Å². The van der Waals surface area contributed by atoms with Crippen molar-refractivity contribution in [3.8, 4) is 0 Å². The number of hydrogen-bond donors (Lipinski definition) is 1. The van der Waals surface area contributed by atoms with E-state index < -0.39 is 5.97 Å². The fourth-order valence-electron chi connectivity index (χ4n) is 2.14. The van der Waals surface area contributed by atoms with E-state index in [1.807, 2.05) is 41.2 Å². The monoisotopic (exact) mass is 360 g/mol. The molecule has 2 aromatic heterocycles. The number of carboxylic acids is 1. The number of carboxylic acid groups (broad SMARTS) is 1. The smallest absolute Gasteiger partial charge is 0.340 e. The van der Waals surface area contributed by atoms with Crippen LogP contribution in [-0.4, -0.2) is 30.6 Å². The van der Waals surface area contributed by atoms with Crippen molar-refractivity contribution in [2.24, 2.45) is 0 Å². The van der Waals surface area contributed by atoms with E-state index in [0.29, 0.717) is 11.1 Å². The first-order chi connectivity index (χ1) is 10.6. The van der Waals surface area contributed by atoms with Crippen LogP contribution in [0.4, 0.5) is 0 Å². The number of aromatic nitrogens is 4. The highest BCUT2D eigenvalue weighted by molar-refractivity contribution is 9.10. The Bertz CT molecular complexity index is 778. The van der Waals surface area contributed by atoms with Gasteiger partial charge in [-0.25, -0.2) is 4.79 Å². The van der Waals surface area contributed by atoms with E-state index in [9.17, 15) is 4.79 Å². The van der Waals surface area contributed by atoms with Crippen LogP contribution in [0.1, 0.15) is 21.5 Å². The second-order valence-electron chi connectivity index (χ2n) is 4.86. The molecule has 0 atom stereocenters. The molecule has 0 fully saturated rings. The molecule has 0 aliphatic carbocycles. The predicted octanol–water partition coefficient (Wildman–Crippen LogP) is 2.64. The van der Waals surface area contributed by atoms with Crippen LogP contribution in [0.15, 0.2) is 53.5 Å². The first-order valence-corrected chi connectivity index (χ1v) is 7.42. The zero-order chi connectivity index (χ0) is 15.5. The average molecular weight is 361 g/mol. The molecule has 6 nitrogen and oxygen atoms in total. The van der Waals surface area contributed by atoms with Crippen molar-refractivity contribution in [3.63, 3.8) is 0 Å². The molecule has 1 aromatic carbocycles. The fourth-order valence-corrected chi connectivity index (χ4v) is 2.62. The summed E-state index contributed by atoms with van der Waals surface area (Å²) in [4.78, 5) is 11.0. The van der Waals surface area contributed by atoms with Gasteiger partial charge in [-0.1, -0.05) is 24.3 Å². The maximum atomic E-state index is 11.0. The molecule has 7 heteroatoms. The van der Waals surface area contributed by atoms with Gasteiger partial charge in [0.1, 0.15) is 10.2 Å². The molecule has 0 bridgehead atoms. The predicted molar refractivity (Wildman–Crippen MR) is 83.8 cm³/mol. The van der Waals surface area contributed by atoms with Crippen LogP contribution >= 0.6 is 15.9 Å². The topological polar surface area (TPSA) is 72.9 Å². The van der Waals surface area contributed by atoms with Gasteiger partial charge in [0.2, 0.25) is 0 Å². The van der Waals surface area contributed by atoms with Crippen molar-refractivity contribution in [1.29, 1.82) is 0 Å². The Morgan fingerprint density at radius 1 is 1.14 bits per heavy atom. The first-order valence-electron chi connectivity index (χ1n) is 6.63. The Balaban J connectivity index is 1.70. The fraction of sp³-hybridized carbons (Fsp3) is 0.133. The van der Waals surface area contributed by atoms with Crippen LogP contribution < -0.4 is 0 Å². The Kier molecular flexibility index (Phi) is 4.06. The van der Waals surface area contributed by atoms with E-state index in [1.54, 1.807) is 10.9 Å². The van der Waals surface area contributed by atoms with Crippen LogP contribution in [0, 0.1) is 0 Å². The maximum absolute atomic E-state index is 11.0. The Hall–Kier alpha value is -2.41. The van der Waals surface area contributed by atoms with Crippen LogP contribution in [0.25, 0.3) is 0 Å². The Morgan fingerprint density at radius 2 is 1.77 bits per heavy atom.